The lowest BCUT2D eigenvalue weighted by molar-refractivity contribution is -0.123. The predicted octanol–water partition coefficient (Wildman–Crippen LogP) is 3.56. The van der Waals surface area contributed by atoms with Gasteiger partial charge in [-0.25, -0.2) is 4.98 Å². The van der Waals surface area contributed by atoms with E-state index in [-0.39, 0.29) is 36.5 Å². The average Bonchev–Trinajstić information content (AvgIpc) is 3.53. The Hall–Kier alpha value is -3.08. The number of amides is 1. The van der Waals surface area contributed by atoms with Gasteiger partial charge in [-0.05, 0) is 36.1 Å². The Balaban J connectivity index is 0.00000324. The topological polar surface area (TPSA) is 94.6 Å². The van der Waals surface area contributed by atoms with Crippen molar-refractivity contribution in [3.8, 4) is 17.0 Å². The van der Waals surface area contributed by atoms with Crippen molar-refractivity contribution in [2.45, 2.75) is 32.0 Å². The quantitative estimate of drug-likeness (QED) is 0.207. The second-order valence-corrected chi connectivity index (χ2v) is 8.14. The van der Waals surface area contributed by atoms with E-state index in [2.05, 4.69) is 37.7 Å². The molecule has 9 heteroatoms. The lowest BCUT2D eigenvalue weighted by Gasteiger charge is -2.21. The first-order chi connectivity index (χ1) is 16.1. The van der Waals surface area contributed by atoms with E-state index in [1.165, 1.54) is 0 Å². The van der Waals surface area contributed by atoms with Crippen LogP contribution >= 0.6 is 24.0 Å². The van der Waals surface area contributed by atoms with Crippen LogP contribution in [0.4, 0.5) is 0 Å². The zero-order chi connectivity index (χ0) is 23.0. The summed E-state index contributed by atoms with van der Waals surface area (Å²) in [4.78, 5) is 26.1. The number of H-pyrrole nitrogens is 1. The van der Waals surface area contributed by atoms with Crippen LogP contribution in [0.5, 0.6) is 5.75 Å². The molecule has 0 aliphatic heterocycles. The molecule has 3 aromatic rings. The molecule has 3 N–H and O–H groups in total. The molecule has 0 radical (unpaired) electrons. The lowest BCUT2D eigenvalue weighted by Crippen LogP contribution is -2.38. The van der Waals surface area contributed by atoms with Gasteiger partial charge in [-0.1, -0.05) is 42.5 Å². The molecule has 1 heterocycles. The van der Waals surface area contributed by atoms with E-state index in [0.29, 0.717) is 24.9 Å². The van der Waals surface area contributed by atoms with E-state index in [9.17, 15) is 4.79 Å². The third kappa shape index (κ3) is 7.47. The molecule has 8 nitrogen and oxygen atoms in total. The maximum Gasteiger partial charge on any atom is 0.258 e. The van der Waals surface area contributed by atoms with E-state index >= 15 is 0 Å². The fraction of sp³-hybridized carbons (Fsp3) is 0.320. The van der Waals surface area contributed by atoms with E-state index in [0.717, 1.165) is 41.4 Å². The largest absolute Gasteiger partial charge is 0.484 e. The molecule has 1 aliphatic rings. The summed E-state index contributed by atoms with van der Waals surface area (Å²) in [6.07, 6.45) is 3.98. The summed E-state index contributed by atoms with van der Waals surface area (Å²) in [5, 5.41) is 6.29. The molecular weight excluding hydrogens is 543 g/mol. The Morgan fingerprint density at radius 2 is 2.00 bits per heavy atom. The van der Waals surface area contributed by atoms with Crippen LogP contribution in [0, 0.1) is 0 Å². The second kappa shape index (κ2) is 12.4. The smallest absolute Gasteiger partial charge is 0.258 e. The van der Waals surface area contributed by atoms with Gasteiger partial charge in [-0.2, -0.15) is 0 Å². The number of ether oxygens (including phenoxy) is 1. The van der Waals surface area contributed by atoms with Crippen molar-refractivity contribution in [2.24, 2.45) is 4.99 Å². The number of carbonyl (C=O) groups excluding carboxylic acids is 1. The molecule has 1 amide bonds. The maximum absolute atomic E-state index is 11.8. The maximum atomic E-state index is 11.8. The highest BCUT2D eigenvalue weighted by Crippen LogP contribution is 2.19. The van der Waals surface area contributed by atoms with Gasteiger partial charge in [0.05, 0.1) is 18.4 Å². The van der Waals surface area contributed by atoms with Crippen LogP contribution in [0.2, 0.25) is 0 Å². The Morgan fingerprint density at radius 1 is 1.21 bits per heavy atom. The number of hydrogen-bond donors (Lipinski definition) is 3. The van der Waals surface area contributed by atoms with Crippen molar-refractivity contribution in [1.82, 2.24) is 25.5 Å². The highest BCUT2D eigenvalue weighted by Gasteiger charge is 2.23. The first-order valence-electron chi connectivity index (χ1n) is 11.1. The molecule has 2 aromatic carbocycles. The molecule has 180 valence electrons. The van der Waals surface area contributed by atoms with Crippen LogP contribution in [0.1, 0.15) is 24.2 Å². The van der Waals surface area contributed by atoms with E-state index in [4.69, 9.17) is 4.74 Å². The van der Waals surface area contributed by atoms with Crippen LogP contribution in [-0.4, -0.2) is 53.5 Å². The summed E-state index contributed by atoms with van der Waals surface area (Å²) in [7, 11) is 3.73. The number of aromatic nitrogens is 2. The Morgan fingerprint density at radius 3 is 2.74 bits per heavy atom. The summed E-state index contributed by atoms with van der Waals surface area (Å²) in [6, 6.07) is 18.2. The second-order valence-electron chi connectivity index (χ2n) is 8.14. The SMILES string of the molecule is CN=C(NCc1cccc(OCC(=O)NC2CC2)c1)N(C)Cc1ncc(-c2ccccc2)[nH]1.I. The number of carbonyl (C=O) groups is 1. The highest BCUT2D eigenvalue weighted by molar-refractivity contribution is 14.0. The number of imidazole rings is 1. The van der Waals surface area contributed by atoms with Gasteiger partial charge in [0.1, 0.15) is 11.6 Å². The molecule has 4 rings (SSSR count). The number of hydrogen-bond acceptors (Lipinski definition) is 4. The fourth-order valence-corrected chi connectivity index (χ4v) is 3.46. The van der Waals surface area contributed by atoms with Gasteiger partial charge in [0.2, 0.25) is 0 Å². The molecule has 34 heavy (non-hydrogen) atoms. The van der Waals surface area contributed by atoms with Crippen molar-refractivity contribution in [3.05, 3.63) is 72.2 Å². The van der Waals surface area contributed by atoms with Crippen molar-refractivity contribution in [3.63, 3.8) is 0 Å². The standard InChI is InChI=1S/C25H30N6O2.HI/c1-26-25(31(2)16-23-27-15-22(30-23)19-8-4-3-5-9-19)28-14-18-7-6-10-21(13-18)33-17-24(32)29-20-11-12-20;/h3-10,13,15,20H,11-12,14,16-17H2,1-2H3,(H,26,28)(H,27,30)(H,29,32);1H. The molecule has 0 spiro atoms. The number of halogens is 1. The molecule has 0 bridgehead atoms. The predicted molar refractivity (Wildman–Crippen MR) is 144 cm³/mol. The number of rotatable bonds is 9. The van der Waals surface area contributed by atoms with Crippen LogP contribution in [0.15, 0.2) is 65.8 Å². The molecule has 0 saturated heterocycles. The van der Waals surface area contributed by atoms with Crippen LogP contribution < -0.4 is 15.4 Å². The number of guanidine groups is 1. The highest BCUT2D eigenvalue weighted by atomic mass is 127. The van der Waals surface area contributed by atoms with Gasteiger partial charge in [0.25, 0.3) is 5.91 Å². The lowest BCUT2D eigenvalue weighted by atomic mass is 10.2. The molecule has 1 saturated carbocycles. The number of aromatic amines is 1. The van der Waals surface area contributed by atoms with Crippen LogP contribution in [0.3, 0.4) is 0 Å². The third-order valence-electron chi connectivity index (χ3n) is 5.34. The van der Waals surface area contributed by atoms with Crippen molar-refractivity contribution in [1.29, 1.82) is 0 Å². The number of nitrogens with zero attached hydrogens (tertiary/aromatic N) is 3. The van der Waals surface area contributed by atoms with Crippen LogP contribution in [0.25, 0.3) is 11.3 Å². The minimum absolute atomic E-state index is 0. The Bertz CT molecular complexity index is 1100. The third-order valence-corrected chi connectivity index (χ3v) is 5.34. The minimum Gasteiger partial charge on any atom is -0.484 e. The fourth-order valence-electron chi connectivity index (χ4n) is 3.46. The van der Waals surface area contributed by atoms with Gasteiger partial charge >= 0.3 is 0 Å². The molecule has 1 aliphatic carbocycles. The normalized spacial score (nSPS) is 13.1. The number of aliphatic imine (C=N–C) groups is 1. The van der Waals surface area contributed by atoms with Gasteiger partial charge in [-0.3, -0.25) is 9.79 Å². The summed E-state index contributed by atoms with van der Waals surface area (Å²) in [6.45, 7) is 1.20. The average molecular weight is 574 g/mol. The summed E-state index contributed by atoms with van der Waals surface area (Å²) in [5.74, 6) is 2.21. The van der Waals surface area contributed by atoms with Crippen LogP contribution in [-0.2, 0) is 17.9 Å². The van der Waals surface area contributed by atoms with Gasteiger partial charge in [0.15, 0.2) is 12.6 Å². The molecule has 1 aromatic heterocycles. The minimum atomic E-state index is -0.0728. The zero-order valence-electron chi connectivity index (χ0n) is 19.5. The first-order valence-corrected chi connectivity index (χ1v) is 11.1. The van der Waals surface area contributed by atoms with E-state index < -0.39 is 0 Å². The van der Waals surface area contributed by atoms with Gasteiger partial charge in [0, 0.05) is 26.7 Å². The van der Waals surface area contributed by atoms with E-state index in [1.54, 1.807) is 7.05 Å². The van der Waals surface area contributed by atoms with E-state index in [1.807, 2.05) is 60.6 Å². The zero-order valence-corrected chi connectivity index (χ0v) is 21.8. The van der Waals surface area contributed by atoms with Gasteiger partial charge in [-0.15, -0.1) is 24.0 Å². The number of benzene rings is 2. The molecular formula is C25H31IN6O2. The Labute approximate surface area is 217 Å². The summed E-state index contributed by atoms with van der Waals surface area (Å²) in [5.41, 5.74) is 3.13. The van der Waals surface area contributed by atoms with Crippen molar-refractivity contribution < 1.29 is 9.53 Å². The molecule has 0 unspecified atom stereocenters. The van der Waals surface area contributed by atoms with Crippen molar-refractivity contribution in [2.75, 3.05) is 20.7 Å². The van der Waals surface area contributed by atoms with Crippen molar-refractivity contribution >= 4 is 35.8 Å². The number of nitrogens with one attached hydrogen (secondary N) is 3. The monoisotopic (exact) mass is 574 g/mol. The molecule has 0 atom stereocenters. The summed E-state index contributed by atoms with van der Waals surface area (Å²) >= 11 is 0. The molecule has 1 fully saturated rings. The summed E-state index contributed by atoms with van der Waals surface area (Å²) < 4.78 is 5.64. The first kappa shape index (κ1) is 25.5. The van der Waals surface area contributed by atoms with Gasteiger partial charge < -0.3 is 25.3 Å². The Kier molecular flexibility index (Phi) is 9.32.